The SMILES string of the molecule is CNc1ccc(N)cc1Cn1cnc2ccccc21. The van der Waals surface area contributed by atoms with Crippen molar-refractivity contribution in [3.63, 3.8) is 0 Å². The van der Waals surface area contributed by atoms with Crippen molar-refractivity contribution < 1.29 is 0 Å². The van der Waals surface area contributed by atoms with E-state index in [1.54, 1.807) is 0 Å². The van der Waals surface area contributed by atoms with Gasteiger partial charge in [0.15, 0.2) is 0 Å². The molecule has 0 fully saturated rings. The molecule has 3 rings (SSSR count). The van der Waals surface area contributed by atoms with Crippen molar-refractivity contribution in [2.75, 3.05) is 18.1 Å². The van der Waals surface area contributed by atoms with E-state index in [0.717, 1.165) is 34.5 Å². The molecule has 4 heteroatoms. The number of para-hydroxylation sites is 2. The van der Waals surface area contributed by atoms with Gasteiger partial charge in [-0.25, -0.2) is 4.98 Å². The van der Waals surface area contributed by atoms with Crippen molar-refractivity contribution in [1.82, 2.24) is 9.55 Å². The van der Waals surface area contributed by atoms with E-state index in [9.17, 15) is 0 Å². The minimum absolute atomic E-state index is 0.752. The lowest BCUT2D eigenvalue weighted by Crippen LogP contribution is -2.03. The van der Waals surface area contributed by atoms with Gasteiger partial charge in [0.2, 0.25) is 0 Å². The summed E-state index contributed by atoms with van der Waals surface area (Å²) in [6, 6.07) is 14.0. The van der Waals surface area contributed by atoms with Crippen LogP contribution in [0.1, 0.15) is 5.56 Å². The highest BCUT2D eigenvalue weighted by Gasteiger charge is 2.06. The Balaban J connectivity index is 2.03. The molecule has 1 heterocycles. The molecule has 0 bridgehead atoms. The molecule has 1 aromatic heterocycles. The van der Waals surface area contributed by atoms with Gasteiger partial charge in [0, 0.05) is 18.4 Å². The highest BCUT2D eigenvalue weighted by atomic mass is 15.0. The third-order valence-electron chi connectivity index (χ3n) is 3.27. The van der Waals surface area contributed by atoms with E-state index in [2.05, 4.69) is 20.9 Å². The quantitative estimate of drug-likeness (QED) is 0.705. The van der Waals surface area contributed by atoms with Gasteiger partial charge >= 0.3 is 0 Å². The number of nitrogen functional groups attached to an aromatic ring is 1. The summed E-state index contributed by atoms with van der Waals surface area (Å²) in [6.45, 7) is 0.752. The van der Waals surface area contributed by atoms with E-state index in [1.165, 1.54) is 0 Å². The van der Waals surface area contributed by atoms with Crippen LogP contribution in [-0.2, 0) is 6.54 Å². The number of hydrogen-bond acceptors (Lipinski definition) is 3. The molecule has 4 nitrogen and oxygen atoms in total. The second kappa shape index (κ2) is 4.65. The van der Waals surface area contributed by atoms with Gasteiger partial charge < -0.3 is 15.6 Å². The Morgan fingerprint density at radius 1 is 1.21 bits per heavy atom. The van der Waals surface area contributed by atoms with Crippen molar-refractivity contribution in [1.29, 1.82) is 0 Å². The van der Waals surface area contributed by atoms with Gasteiger partial charge in [0.05, 0.1) is 23.9 Å². The second-order valence-electron chi connectivity index (χ2n) is 4.53. The lowest BCUT2D eigenvalue weighted by Gasteiger charge is -2.11. The molecular weight excluding hydrogens is 236 g/mol. The predicted octanol–water partition coefficient (Wildman–Crippen LogP) is 2.71. The molecule has 0 saturated heterocycles. The first-order chi connectivity index (χ1) is 9.28. The molecule has 19 heavy (non-hydrogen) atoms. The van der Waals surface area contributed by atoms with E-state index < -0.39 is 0 Å². The molecule has 0 spiro atoms. The van der Waals surface area contributed by atoms with Gasteiger partial charge in [-0.15, -0.1) is 0 Å². The Morgan fingerprint density at radius 3 is 2.89 bits per heavy atom. The molecule has 96 valence electrons. The number of rotatable bonds is 3. The molecule has 0 atom stereocenters. The number of fused-ring (bicyclic) bond motifs is 1. The summed E-state index contributed by atoms with van der Waals surface area (Å²) < 4.78 is 2.13. The molecule has 0 aliphatic rings. The third-order valence-corrected chi connectivity index (χ3v) is 3.27. The minimum atomic E-state index is 0.752. The van der Waals surface area contributed by atoms with Crippen LogP contribution in [0.2, 0.25) is 0 Å². The zero-order valence-electron chi connectivity index (χ0n) is 10.8. The number of imidazole rings is 1. The first-order valence-electron chi connectivity index (χ1n) is 6.24. The van der Waals surface area contributed by atoms with Crippen molar-refractivity contribution >= 4 is 22.4 Å². The number of nitrogens with two attached hydrogens (primary N) is 1. The molecule has 0 aliphatic carbocycles. The topological polar surface area (TPSA) is 55.9 Å². The summed E-state index contributed by atoms with van der Waals surface area (Å²) in [5, 5.41) is 3.19. The van der Waals surface area contributed by atoms with E-state index in [-0.39, 0.29) is 0 Å². The van der Waals surface area contributed by atoms with Gasteiger partial charge in [-0.3, -0.25) is 0 Å². The number of aromatic nitrogens is 2. The van der Waals surface area contributed by atoms with Crippen LogP contribution in [0.5, 0.6) is 0 Å². The van der Waals surface area contributed by atoms with Crippen LogP contribution in [0.25, 0.3) is 11.0 Å². The molecule has 0 saturated carbocycles. The lowest BCUT2D eigenvalue weighted by atomic mass is 10.1. The summed E-state index contributed by atoms with van der Waals surface area (Å²) in [5.74, 6) is 0. The van der Waals surface area contributed by atoms with Gasteiger partial charge in [-0.05, 0) is 35.9 Å². The largest absolute Gasteiger partial charge is 0.399 e. The number of benzene rings is 2. The summed E-state index contributed by atoms with van der Waals surface area (Å²) in [4.78, 5) is 4.40. The van der Waals surface area contributed by atoms with Gasteiger partial charge in [-0.1, -0.05) is 12.1 Å². The van der Waals surface area contributed by atoms with Crippen LogP contribution in [0, 0.1) is 0 Å². The maximum atomic E-state index is 5.87. The van der Waals surface area contributed by atoms with Crippen molar-refractivity contribution in [2.24, 2.45) is 0 Å². The maximum Gasteiger partial charge on any atom is 0.0961 e. The van der Waals surface area contributed by atoms with Crippen molar-refractivity contribution in [3.05, 3.63) is 54.4 Å². The molecule has 0 amide bonds. The van der Waals surface area contributed by atoms with Crippen molar-refractivity contribution in [2.45, 2.75) is 6.54 Å². The molecule has 0 unspecified atom stereocenters. The predicted molar refractivity (Wildman–Crippen MR) is 79.2 cm³/mol. The Bertz CT molecular complexity index is 715. The second-order valence-corrected chi connectivity index (χ2v) is 4.53. The average Bonchev–Trinajstić information content (AvgIpc) is 2.83. The van der Waals surface area contributed by atoms with Gasteiger partial charge in [-0.2, -0.15) is 0 Å². The van der Waals surface area contributed by atoms with Gasteiger partial charge in [0.1, 0.15) is 0 Å². The molecule has 3 aromatic rings. The lowest BCUT2D eigenvalue weighted by molar-refractivity contribution is 0.826. The zero-order valence-corrected chi connectivity index (χ0v) is 10.8. The van der Waals surface area contributed by atoms with Crippen molar-refractivity contribution in [3.8, 4) is 0 Å². The Labute approximate surface area is 111 Å². The van der Waals surface area contributed by atoms with Crippen LogP contribution >= 0.6 is 0 Å². The zero-order chi connectivity index (χ0) is 13.2. The molecule has 3 N–H and O–H groups in total. The summed E-state index contributed by atoms with van der Waals surface area (Å²) in [7, 11) is 1.92. The summed E-state index contributed by atoms with van der Waals surface area (Å²) in [5.41, 5.74) is 11.0. The van der Waals surface area contributed by atoms with Gasteiger partial charge in [0.25, 0.3) is 0 Å². The highest BCUT2D eigenvalue weighted by molar-refractivity contribution is 5.75. The fourth-order valence-electron chi connectivity index (χ4n) is 2.31. The van der Waals surface area contributed by atoms with E-state index in [0.29, 0.717) is 0 Å². The molecular formula is C15H16N4. The molecule has 2 aromatic carbocycles. The third kappa shape index (κ3) is 2.12. The number of hydrogen-bond donors (Lipinski definition) is 2. The first-order valence-corrected chi connectivity index (χ1v) is 6.24. The van der Waals surface area contributed by atoms with Crippen LogP contribution in [0.3, 0.4) is 0 Å². The monoisotopic (exact) mass is 252 g/mol. The number of anilines is 2. The van der Waals surface area contributed by atoms with E-state index in [4.69, 9.17) is 5.73 Å². The fourth-order valence-corrected chi connectivity index (χ4v) is 2.31. The van der Waals surface area contributed by atoms with Crippen LogP contribution < -0.4 is 11.1 Å². The van der Waals surface area contributed by atoms with Crippen LogP contribution in [-0.4, -0.2) is 16.6 Å². The summed E-state index contributed by atoms with van der Waals surface area (Å²) >= 11 is 0. The smallest absolute Gasteiger partial charge is 0.0961 e. The van der Waals surface area contributed by atoms with Crippen LogP contribution in [0.4, 0.5) is 11.4 Å². The maximum absolute atomic E-state index is 5.87. The molecule has 0 aliphatic heterocycles. The first kappa shape index (κ1) is 11.6. The normalized spacial score (nSPS) is 10.8. The fraction of sp³-hybridized carbons (Fsp3) is 0.133. The average molecular weight is 252 g/mol. The number of nitrogens with one attached hydrogen (secondary N) is 1. The summed E-state index contributed by atoms with van der Waals surface area (Å²) in [6.07, 6.45) is 1.87. The van der Waals surface area contributed by atoms with E-state index >= 15 is 0 Å². The van der Waals surface area contributed by atoms with E-state index in [1.807, 2.05) is 49.8 Å². The Hall–Kier alpha value is -2.49. The Morgan fingerprint density at radius 2 is 2.05 bits per heavy atom. The number of nitrogens with zero attached hydrogens (tertiary/aromatic N) is 2. The standard InChI is InChI=1S/C15H16N4/c1-17-13-7-6-12(16)8-11(13)9-19-10-18-14-4-2-3-5-15(14)19/h2-8,10,17H,9,16H2,1H3. The van der Waals surface area contributed by atoms with Crippen LogP contribution in [0.15, 0.2) is 48.8 Å². The Kier molecular flexibility index (Phi) is 2.83. The highest BCUT2D eigenvalue weighted by Crippen LogP contribution is 2.21. The molecule has 0 radical (unpaired) electrons. The minimum Gasteiger partial charge on any atom is -0.399 e.